The average molecular weight is 308 g/mol. The normalized spacial score (nSPS) is 11.9. The maximum Gasteiger partial charge on any atom is 0.137 e. The van der Waals surface area contributed by atoms with Crippen molar-refractivity contribution in [3.8, 4) is 17.2 Å². The molecule has 0 bridgehead atoms. The molecule has 21 heavy (non-hydrogen) atoms. The Balaban J connectivity index is 2.41. The van der Waals surface area contributed by atoms with E-state index >= 15 is 0 Å². The van der Waals surface area contributed by atoms with E-state index in [-0.39, 0.29) is 6.04 Å². The van der Waals surface area contributed by atoms with Crippen LogP contribution in [0.25, 0.3) is 0 Å². The largest absolute Gasteiger partial charge is 0.497 e. The Morgan fingerprint density at radius 3 is 2.24 bits per heavy atom. The molecule has 4 nitrogen and oxygen atoms in total. The van der Waals surface area contributed by atoms with Crippen LogP contribution in [0.4, 0.5) is 0 Å². The number of ether oxygens (including phenoxy) is 3. The average Bonchev–Trinajstić information content (AvgIpc) is 2.54. The van der Waals surface area contributed by atoms with Gasteiger partial charge in [-0.05, 0) is 29.8 Å². The highest BCUT2D eigenvalue weighted by Gasteiger charge is 2.16. The van der Waals surface area contributed by atoms with Crippen LogP contribution in [0.1, 0.15) is 17.2 Å². The summed E-state index contributed by atoms with van der Waals surface area (Å²) in [6.45, 7) is 0. The number of benzene rings is 2. The number of hydrogen-bond donors (Lipinski definition) is 1. The SMILES string of the molecule is COc1ccc(C(N)c2ccc(Cl)c(OC)c2)c(OC)c1. The third kappa shape index (κ3) is 3.23. The monoisotopic (exact) mass is 307 g/mol. The topological polar surface area (TPSA) is 53.7 Å². The van der Waals surface area contributed by atoms with Crippen LogP contribution in [0.5, 0.6) is 17.2 Å². The first-order chi connectivity index (χ1) is 10.1. The number of methoxy groups -OCH3 is 3. The van der Waals surface area contributed by atoms with Gasteiger partial charge in [0.05, 0.1) is 32.4 Å². The van der Waals surface area contributed by atoms with Crippen LogP contribution in [0.2, 0.25) is 5.02 Å². The van der Waals surface area contributed by atoms with Gasteiger partial charge in [0.1, 0.15) is 17.2 Å². The highest BCUT2D eigenvalue weighted by molar-refractivity contribution is 6.32. The summed E-state index contributed by atoms with van der Waals surface area (Å²) in [5.74, 6) is 1.99. The predicted octanol–water partition coefficient (Wildman–Crippen LogP) is 3.41. The van der Waals surface area contributed by atoms with Crippen LogP contribution < -0.4 is 19.9 Å². The van der Waals surface area contributed by atoms with Gasteiger partial charge in [0.2, 0.25) is 0 Å². The summed E-state index contributed by atoms with van der Waals surface area (Å²) in [5, 5.41) is 0.551. The smallest absolute Gasteiger partial charge is 0.137 e. The molecule has 1 atom stereocenters. The van der Waals surface area contributed by atoms with Gasteiger partial charge in [-0.15, -0.1) is 0 Å². The Morgan fingerprint density at radius 2 is 1.62 bits per heavy atom. The molecule has 0 aliphatic rings. The maximum atomic E-state index is 6.34. The Morgan fingerprint density at radius 1 is 0.905 bits per heavy atom. The van der Waals surface area contributed by atoms with E-state index in [1.807, 2.05) is 30.3 Å². The number of rotatable bonds is 5. The first kappa shape index (κ1) is 15.5. The summed E-state index contributed by atoms with van der Waals surface area (Å²) in [7, 11) is 4.79. The first-order valence-corrected chi connectivity index (χ1v) is 6.79. The van der Waals surface area contributed by atoms with E-state index in [0.29, 0.717) is 16.5 Å². The summed E-state index contributed by atoms with van der Waals surface area (Å²) in [6.07, 6.45) is 0. The van der Waals surface area contributed by atoms with Crippen LogP contribution >= 0.6 is 11.6 Å². The molecule has 5 heteroatoms. The maximum absolute atomic E-state index is 6.34. The highest BCUT2D eigenvalue weighted by atomic mass is 35.5. The van der Waals surface area contributed by atoms with Gasteiger partial charge in [0.15, 0.2) is 0 Å². The summed E-state index contributed by atoms with van der Waals surface area (Å²) < 4.78 is 15.8. The van der Waals surface area contributed by atoms with Crippen molar-refractivity contribution < 1.29 is 14.2 Å². The fourth-order valence-electron chi connectivity index (χ4n) is 2.12. The van der Waals surface area contributed by atoms with Crippen LogP contribution in [0.3, 0.4) is 0 Å². The van der Waals surface area contributed by atoms with Crippen molar-refractivity contribution in [1.29, 1.82) is 0 Å². The zero-order valence-electron chi connectivity index (χ0n) is 12.2. The lowest BCUT2D eigenvalue weighted by molar-refractivity contribution is 0.389. The lowest BCUT2D eigenvalue weighted by Crippen LogP contribution is -2.13. The van der Waals surface area contributed by atoms with Crippen LogP contribution in [-0.4, -0.2) is 21.3 Å². The van der Waals surface area contributed by atoms with E-state index in [9.17, 15) is 0 Å². The lowest BCUT2D eigenvalue weighted by atomic mass is 9.98. The molecule has 2 aromatic rings. The zero-order chi connectivity index (χ0) is 15.4. The molecule has 2 N–H and O–H groups in total. The number of halogens is 1. The molecule has 0 amide bonds. The third-order valence-corrected chi connectivity index (χ3v) is 3.62. The van der Waals surface area contributed by atoms with Gasteiger partial charge >= 0.3 is 0 Å². The van der Waals surface area contributed by atoms with Crippen molar-refractivity contribution in [3.63, 3.8) is 0 Å². The van der Waals surface area contributed by atoms with Gasteiger partial charge in [-0.3, -0.25) is 0 Å². The van der Waals surface area contributed by atoms with E-state index in [1.54, 1.807) is 27.4 Å². The third-order valence-electron chi connectivity index (χ3n) is 3.31. The predicted molar refractivity (Wildman–Crippen MR) is 83.6 cm³/mol. The minimum absolute atomic E-state index is 0.350. The molecule has 0 saturated heterocycles. The minimum atomic E-state index is -0.350. The molecular formula is C16H18ClNO3. The molecule has 0 heterocycles. The molecule has 0 radical (unpaired) electrons. The van der Waals surface area contributed by atoms with Gasteiger partial charge in [-0.2, -0.15) is 0 Å². The minimum Gasteiger partial charge on any atom is -0.497 e. The Hall–Kier alpha value is -1.91. The second kappa shape index (κ2) is 6.70. The zero-order valence-corrected chi connectivity index (χ0v) is 13.0. The summed E-state index contributed by atoms with van der Waals surface area (Å²) in [5.41, 5.74) is 8.09. The Kier molecular flexibility index (Phi) is 4.94. The van der Waals surface area contributed by atoms with Gasteiger partial charge in [-0.1, -0.05) is 17.7 Å². The van der Waals surface area contributed by atoms with E-state index in [2.05, 4.69) is 0 Å². The van der Waals surface area contributed by atoms with Crippen LogP contribution in [-0.2, 0) is 0 Å². The molecule has 0 aromatic heterocycles. The van der Waals surface area contributed by atoms with Crippen molar-refractivity contribution in [3.05, 3.63) is 52.5 Å². The molecule has 2 aromatic carbocycles. The van der Waals surface area contributed by atoms with Gasteiger partial charge in [-0.25, -0.2) is 0 Å². The molecule has 0 saturated carbocycles. The quantitative estimate of drug-likeness (QED) is 0.919. The van der Waals surface area contributed by atoms with E-state index in [1.165, 1.54) is 0 Å². The second-order valence-corrected chi connectivity index (χ2v) is 4.89. The van der Waals surface area contributed by atoms with E-state index in [4.69, 9.17) is 31.5 Å². The molecule has 0 fully saturated rings. The Bertz CT molecular complexity index is 631. The van der Waals surface area contributed by atoms with E-state index in [0.717, 1.165) is 16.9 Å². The lowest BCUT2D eigenvalue weighted by Gasteiger charge is -2.18. The molecule has 2 rings (SSSR count). The molecular weight excluding hydrogens is 290 g/mol. The van der Waals surface area contributed by atoms with Crippen molar-refractivity contribution in [2.75, 3.05) is 21.3 Å². The van der Waals surface area contributed by atoms with Crippen molar-refractivity contribution in [2.45, 2.75) is 6.04 Å². The molecule has 1 unspecified atom stereocenters. The summed E-state index contributed by atoms with van der Waals surface area (Å²) in [6, 6.07) is 10.7. The van der Waals surface area contributed by atoms with Crippen LogP contribution in [0.15, 0.2) is 36.4 Å². The second-order valence-electron chi connectivity index (χ2n) is 4.48. The number of hydrogen-bond acceptors (Lipinski definition) is 4. The highest BCUT2D eigenvalue weighted by Crippen LogP contribution is 2.34. The standard InChI is InChI=1S/C16H18ClNO3/c1-19-11-5-6-12(14(9-11)20-2)16(18)10-4-7-13(17)15(8-10)21-3/h4-9,16H,18H2,1-3H3. The molecule has 0 spiro atoms. The molecule has 0 aliphatic carbocycles. The number of nitrogens with two attached hydrogens (primary N) is 1. The van der Waals surface area contributed by atoms with Crippen molar-refractivity contribution in [2.24, 2.45) is 5.73 Å². The fourth-order valence-corrected chi connectivity index (χ4v) is 2.32. The Labute approximate surface area is 129 Å². The molecule has 112 valence electrons. The summed E-state index contributed by atoms with van der Waals surface area (Å²) in [4.78, 5) is 0. The van der Waals surface area contributed by atoms with E-state index < -0.39 is 0 Å². The first-order valence-electron chi connectivity index (χ1n) is 6.41. The van der Waals surface area contributed by atoms with Crippen LogP contribution in [0, 0.1) is 0 Å². The van der Waals surface area contributed by atoms with Gasteiger partial charge in [0.25, 0.3) is 0 Å². The fraction of sp³-hybridized carbons (Fsp3) is 0.250. The molecule has 0 aliphatic heterocycles. The van der Waals surface area contributed by atoms with Crippen molar-refractivity contribution in [1.82, 2.24) is 0 Å². The van der Waals surface area contributed by atoms with Crippen molar-refractivity contribution >= 4 is 11.6 Å². The summed E-state index contributed by atoms with van der Waals surface area (Å²) >= 11 is 6.04. The van der Waals surface area contributed by atoms with Gasteiger partial charge in [0, 0.05) is 11.6 Å². The van der Waals surface area contributed by atoms with Gasteiger partial charge < -0.3 is 19.9 Å².